The average Bonchev–Trinajstić information content (AvgIpc) is 2.71. The van der Waals surface area contributed by atoms with Gasteiger partial charge in [-0.3, -0.25) is 4.79 Å². The van der Waals surface area contributed by atoms with Crippen molar-refractivity contribution in [1.82, 2.24) is 0 Å². The molecule has 0 aliphatic carbocycles. The van der Waals surface area contributed by atoms with E-state index in [1.165, 1.54) is 20.3 Å². The molecule has 0 unspecified atom stereocenters. The van der Waals surface area contributed by atoms with Crippen LogP contribution in [-0.2, 0) is 14.3 Å². The van der Waals surface area contributed by atoms with Gasteiger partial charge in [0, 0.05) is 6.92 Å². The fraction of sp³-hybridized carbons (Fsp3) is 0.238. The minimum absolute atomic E-state index is 0.154. The van der Waals surface area contributed by atoms with Gasteiger partial charge in [-0.05, 0) is 48.0 Å². The molecule has 0 saturated carbocycles. The van der Waals surface area contributed by atoms with Crippen molar-refractivity contribution in [2.24, 2.45) is 0 Å². The van der Waals surface area contributed by atoms with Gasteiger partial charge in [-0.25, -0.2) is 4.79 Å². The number of carbonyl (C=O) groups excluding carboxylic acids is 2. The smallest absolute Gasteiger partial charge is 0.342 e. The lowest BCUT2D eigenvalue weighted by molar-refractivity contribution is -0.141. The van der Waals surface area contributed by atoms with E-state index in [0.29, 0.717) is 22.8 Å². The zero-order valence-electron chi connectivity index (χ0n) is 16.0. The molecule has 0 aromatic heterocycles. The molecule has 0 fully saturated rings. The summed E-state index contributed by atoms with van der Waals surface area (Å²) in [4.78, 5) is 22.8. The summed E-state index contributed by atoms with van der Waals surface area (Å²) in [6, 6.07) is 11.9. The second kappa shape index (κ2) is 10.6. The van der Waals surface area contributed by atoms with Gasteiger partial charge in [0.2, 0.25) is 0 Å². The van der Waals surface area contributed by atoms with Crippen LogP contribution in [0.4, 0.5) is 0 Å². The first-order valence-corrected chi connectivity index (χ1v) is 8.49. The third kappa shape index (κ3) is 6.35. The van der Waals surface area contributed by atoms with Crippen LogP contribution in [0.3, 0.4) is 0 Å². The molecule has 148 valence electrons. The Morgan fingerprint density at radius 1 is 0.929 bits per heavy atom. The van der Waals surface area contributed by atoms with E-state index in [2.05, 4.69) is 0 Å². The molecular weight excluding hydrogens is 364 g/mol. The molecule has 0 aliphatic heterocycles. The number of ether oxygens (including phenoxy) is 5. The van der Waals surface area contributed by atoms with Crippen molar-refractivity contribution in [3.63, 3.8) is 0 Å². The predicted octanol–water partition coefficient (Wildman–Crippen LogP) is 3.47. The number of rotatable bonds is 9. The molecule has 0 amide bonds. The van der Waals surface area contributed by atoms with E-state index in [-0.39, 0.29) is 19.2 Å². The van der Waals surface area contributed by atoms with Gasteiger partial charge in [-0.2, -0.15) is 0 Å². The molecule has 0 aliphatic rings. The maximum absolute atomic E-state index is 12.0. The van der Waals surface area contributed by atoms with E-state index in [1.54, 1.807) is 55.7 Å². The highest BCUT2D eigenvalue weighted by Gasteiger charge is 2.07. The van der Waals surface area contributed by atoms with Gasteiger partial charge in [-0.1, -0.05) is 6.07 Å². The van der Waals surface area contributed by atoms with Crippen molar-refractivity contribution in [3.05, 3.63) is 59.9 Å². The quantitative estimate of drug-likeness (QED) is 0.371. The summed E-state index contributed by atoms with van der Waals surface area (Å²) >= 11 is 0. The molecular formula is C21H22O7. The van der Waals surface area contributed by atoms with Crippen LogP contribution in [0.15, 0.2) is 48.7 Å². The third-order valence-electron chi connectivity index (χ3n) is 3.60. The average molecular weight is 386 g/mol. The lowest BCUT2D eigenvalue weighted by Gasteiger charge is -2.11. The van der Waals surface area contributed by atoms with Crippen LogP contribution < -0.4 is 14.2 Å². The van der Waals surface area contributed by atoms with Gasteiger partial charge in [-0.15, -0.1) is 0 Å². The topological polar surface area (TPSA) is 80.3 Å². The minimum atomic E-state index is -0.476. The number of methoxy groups -OCH3 is 2. The molecule has 0 heterocycles. The second-order valence-corrected chi connectivity index (χ2v) is 5.54. The Kier molecular flexibility index (Phi) is 7.90. The predicted molar refractivity (Wildman–Crippen MR) is 103 cm³/mol. The summed E-state index contributed by atoms with van der Waals surface area (Å²) in [6.07, 6.45) is 2.94. The Hall–Kier alpha value is -3.48. The number of esters is 2. The van der Waals surface area contributed by atoms with E-state index in [9.17, 15) is 9.59 Å². The van der Waals surface area contributed by atoms with Crippen LogP contribution in [0.5, 0.6) is 17.2 Å². The van der Waals surface area contributed by atoms with Crippen molar-refractivity contribution in [2.75, 3.05) is 27.4 Å². The lowest BCUT2D eigenvalue weighted by atomic mass is 10.2. The first kappa shape index (κ1) is 20.8. The summed E-state index contributed by atoms with van der Waals surface area (Å²) < 4.78 is 25.8. The van der Waals surface area contributed by atoms with Crippen LogP contribution in [0.25, 0.3) is 6.08 Å². The fourth-order valence-electron chi connectivity index (χ4n) is 2.21. The first-order chi connectivity index (χ1) is 13.5. The van der Waals surface area contributed by atoms with Gasteiger partial charge in [0.1, 0.15) is 19.0 Å². The standard InChI is InChI=1S/C21H22O7/c1-15(22)26-12-13-27-19-9-4-16(14-20(19)25-3)10-11-28-21(23)17-5-7-18(24-2)8-6-17/h4-11,14H,12-13H2,1-3H3/b11-10+. The monoisotopic (exact) mass is 386 g/mol. The van der Waals surface area contributed by atoms with Crippen LogP contribution in [-0.4, -0.2) is 39.4 Å². The van der Waals surface area contributed by atoms with E-state index >= 15 is 0 Å². The molecule has 7 nitrogen and oxygen atoms in total. The first-order valence-electron chi connectivity index (χ1n) is 8.49. The molecule has 0 atom stereocenters. The molecule has 0 N–H and O–H groups in total. The summed E-state index contributed by atoms with van der Waals surface area (Å²) in [6.45, 7) is 1.70. The molecule has 7 heteroatoms. The minimum Gasteiger partial charge on any atom is -0.497 e. The summed E-state index contributed by atoms with van der Waals surface area (Å²) in [5.74, 6) is 0.847. The summed E-state index contributed by atoms with van der Waals surface area (Å²) in [7, 11) is 3.08. The van der Waals surface area contributed by atoms with Crippen LogP contribution in [0.2, 0.25) is 0 Å². The van der Waals surface area contributed by atoms with Crippen molar-refractivity contribution in [3.8, 4) is 17.2 Å². The molecule has 0 spiro atoms. The number of carbonyl (C=O) groups is 2. The highest BCUT2D eigenvalue weighted by Crippen LogP contribution is 2.28. The van der Waals surface area contributed by atoms with Crippen molar-refractivity contribution >= 4 is 18.0 Å². The Labute approximate surface area is 163 Å². The molecule has 2 aromatic carbocycles. The summed E-state index contributed by atoms with van der Waals surface area (Å²) in [5, 5.41) is 0. The van der Waals surface area contributed by atoms with E-state index in [0.717, 1.165) is 5.56 Å². The van der Waals surface area contributed by atoms with Crippen LogP contribution >= 0.6 is 0 Å². The van der Waals surface area contributed by atoms with Crippen molar-refractivity contribution in [2.45, 2.75) is 6.92 Å². The summed E-state index contributed by atoms with van der Waals surface area (Å²) in [5.41, 5.74) is 1.17. The molecule has 2 rings (SSSR count). The van der Waals surface area contributed by atoms with Crippen molar-refractivity contribution in [1.29, 1.82) is 0 Å². The second-order valence-electron chi connectivity index (χ2n) is 5.54. The molecule has 0 saturated heterocycles. The molecule has 0 radical (unpaired) electrons. The van der Waals surface area contributed by atoms with Gasteiger partial charge < -0.3 is 23.7 Å². The molecule has 0 bridgehead atoms. The normalized spacial score (nSPS) is 10.4. The number of benzene rings is 2. The highest BCUT2D eigenvalue weighted by molar-refractivity contribution is 5.90. The zero-order valence-corrected chi connectivity index (χ0v) is 16.0. The van der Waals surface area contributed by atoms with Crippen molar-refractivity contribution < 1.29 is 33.3 Å². The highest BCUT2D eigenvalue weighted by atomic mass is 16.6. The van der Waals surface area contributed by atoms with Gasteiger partial charge in [0.25, 0.3) is 0 Å². The number of hydrogen-bond acceptors (Lipinski definition) is 7. The SMILES string of the molecule is COc1ccc(C(=O)O/C=C/c2ccc(OCCOC(C)=O)c(OC)c2)cc1. The van der Waals surface area contributed by atoms with E-state index in [1.807, 2.05) is 0 Å². The Balaban J connectivity index is 1.93. The van der Waals surface area contributed by atoms with Gasteiger partial charge in [0.05, 0.1) is 26.0 Å². The van der Waals surface area contributed by atoms with E-state index < -0.39 is 5.97 Å². The maximum atomic E-state index is 12.0. The Morgan fingerprint density at radius 3 is 2.32 bits per heavy atom. The number of hydrogen-bond donors (Lipinski definition) is 0. The Bertz CT molecular complexity index is 825. The third-order valence-corrected chi connectivity index (χ3v) is 3.60. The zero-order chi connectivity index (χ0) is 20.4. The molecule has 2 aromatic rings. The van der Waals surface area contributed by atoms with Crippen LogP contribution in [0.1, 0.15) is 22.8 Å². The van der Waals surface area contributed by atoms with Gasteiger partial charge in [0.15, 0.2) is 11.5 Å². The fourth-order valence-corrected chi connectivity index (χ4v) is 2.21. The van der Waals surface area contributed by atoms with E-state index in [4.69, 9.17) is 23.7 Å². The Morgan fingerprint density at radius 2 is 1.68 bits per heavy atom. The lowest BCUT2D eigenvalue weighted by Crippen LogP contribution is -2.10. The van der Waals surface area contributed by atoms with Crippen LogP contribution in [0, 0.1) is 0 Å². The van der Waals surface area contributed by atoms with Gasteiger partial charge >= 0.3 is 11.9 Å². The maximum Gasteiger partial charge on any atom is 0.342 e. The molecule has 28 heavy (non-hydrogen) atoms. The largest absolute Gasteiger partial charge is 0.497 e.